The van der Waals surface area contributed by atoms with Gasteiger partial charge in [-0.25, -0.2) is 0 Å². The second kappa shape index (κ2) is 8.83. The highest BCUT2D eigenvalue weighted by atomic mass is 16.3. The van der Waals surface area contributed by atoms with E-state index in [0.717, 1.165) is 0 Å². The molecule has 0 aromatic carbocycles. The summed E-state index contributed by atoms with van der Waals surface area (Å²) in [5.41, 5.74) is -1.60. The van der Waals surface area contributed by atoms with Crippen molar-refractivity contribution in [2.75, 3.05) is 19.8 Å². The predicted octanol–water partition coefficient (Wildman–Crippen LogP) is -0.112. The van der Waals surface area contributed by atoms with E-state index in [9.17, 15) is 0 Å². The highest BCUT2D eigenvalue weighted by Gasteiger charge is 2.24. The van der Waals surface area contributed by atoms with Gasteiger partial charge in [-0.15, -0.1) is 0 Å². The highest BCUT2D eigenvalue weighted by Crippen LogP contribution is 2.18. The van der Waals surface area contributed by atoms with Crippen molar-refractivity contribution in [2.45, 2.75) is 52.2 Å². The molecule has 0 heterocycles. The van der Waals surface area contributed by atoms with Crippen LogP contribution >= 0.6 is 0 Å². The van der Waals surface area contributed by atoms with Crippen molar-refractivity contribution >= 4 is 0 Å². The Morgan fingerprint density at radius 1 is 0.941 bits per heavy atom. The Kier molecular flexibility index (Phi) is 9.94. The molecule has 5 nitrogen and oxygen atoms in total. The molecule has 0 aliphatic rings. The van der Waals surface area contributed by atoms with Crippen LogP contribution in [0, 0.1) is 5.41 Å². The van der Waals surface area contributed by atoms with Crippen LogP contribution in [0.1, 0.15) is 40.5 Å². The number of aliphatic hydroxyl groups excluding tert-OH is 4. The number of hydrogen-bond acceptors (Lipinski definition) is 5. The Morgan fingerprint density at radius 3 is 1.29 bits per heavy atom. The second-order valence-electron chi connectivity index (χ2n) is 4.91. The van der Waals surface area contributed by atoms with Gasteiger partial charge in [-0.1, -0.05) is 13.8 Å². The van der Waals surface area contributed by atoms with Gasteiger partial charge in [-0.05, 0) is 26.7 Å². The second-order valence-corrected chi connectivity index (χ2v) is 4.91. The fraction of sp³-hybridized carbons (Fsp3) is 1.00. The maximum absolute atomic E-state index is 9.04. The monoisotopic (exact) mass is 252 g/mol. The molecule has 0 rings (SSSR count). The first-order valence-electron chi connectivity index (χ1n) is 5.96. The minimum atomic E-state index is -0.936. The van der Waals surface area contributed by atoms with Crippen molar-refractivity contribution in [3.8, 4) is 0 Å². The molecule has 0 bridgehead atoms. The van der Waals surface area contributed by atoms with Crippen molar-refractivity contribution in [3.05, 3.63) is 0 Å². The molecule has 0 radical (unpaired) electrons. The van der Waals surface area contributed by atoms with Gasteiger partial charge in [0.2, 0.25) is 0 Å². The summed E-state index contributed by atoms with van der Waals surface area (Å²) in [7, 11) is 0. The predicted molar refractivity (Wildman–Crippen MR) is 66.6 cm³/mol. The molecular weight excluding hydrogens is 224 g/mol. The molecule has 17 heavy (non-hydrogen) atoms. The molecule has 0 fully saturated rings. The van der Waals surface area contributed by atoms with E-state index < -0.39 is 17.1 Å². The molecule has 1 atom stereocenters. The van der Waals surface area contributed by atoms with Crippen LogP contribution in [0.15, 0.2) is 0 Å². The average Bonchev–Trinajstić information content (AvgIpc) is 2.31. The fourth-order valence-corrected chi connectivity index (χ4v) is 0.985. The summed E-state index contributed by atoms with van der Waals surface area (Å²) in [5, 5.41) is 44.0. The van der Waals surface area contributed by atoms with E-state index in [1.54, 1.807) is 13.8 Å². The smallest absolute Gasteiger partial charge is 0.0849 e. The van der Waals surface area contributed by atoms with Crippen LogP contribution in [-0.4, -0.2) is 57.1 Å². The van der Waals surface area contributed by atoms with Crippen LogP contribution in [0.2, 0.25) is 0 Å². The van der Waals surface area contributed by atoms with Gasteiger partial charge in [0.1, 0.15) is 0 Å². The lowest BCUT2D eigenvalue weighted by atomic mass is 9.88. The minimum Gasteiger partial charge on any atom is -0.396 e. The molecule has 1 unspecified atom stereocenters. The third-order valence-corrected chi connectivity index (χ3v) is 2.96. The van der Waals surface area contributed by atoms with E-state index >= 15 is 0 Å². The maximum Gasteiger partial charge on any atom is 0.0849 e. The van der Waals surface area contributed by atoms with Crippen LogP contribution in [0.25, 0.3) is 0 Å². The van der Waals surface area contributed by atoms with Gasteiger partial charge in [0.15, 0.2) is 0 Å². The van der Waals surface area contributed by atoms with Gasteiger partial charge in [0.05, 0.1) is 31.5 Å². The maximum atomic E-state index is 9.04. The van der Waals surface area contributed by atoms with E-state index in [0.29, 0.717) is 12.8 Å². The number of aliphatic hydroxyl groups is 5. The molecule has 0 aliphatic carbocycles. The Labute approximate surface area is 104 Å². The molecule has 106 valence electrons. The van der Waals surface area contributed by atoms with E-state index in [1.807, 2.05) is 13.8 Å². The standard InChI is InChI=1S/C6H14O3.C6H14O2/c1-2-6(3-7,4-8)5-9;1-4-5(7)6(2,3)8/h7-9H,2-5H2,1H3;5,7-8H,4H2,1-3H3. The van der Waals surface area contributed by atoms with E-state index in [2.05, 4.69) is 0 Å². The van der Waals surface area contributed by atoms with Gasteiger partial charge in [0, 0.05) is 5.41 Å². The summed E-state index contributed by atoms with van der Waals surface area (Å²) >= 11 is 0. The van der Waals surface area contributed by atoms with Crippen LogP contribution in [-0.2, 0) is 0 Å². The first-order chi connectivity index (χ1) is 7.72. The molecule has 0 saturated carbocycles. The molecule has 0 aromatic heterocycles. The highest BCUT2D eigenvalue weighted by molar-refractivity contribution is 4.74. The van der Waals surface area contributed by atoms with E-state index in [4.69, 9.17) is 25.5 Å². The van der Waals surface area contributed by atoms with Crippen molar-refractivity contribution in [3.63, 3.8) is 0 Å². The summed E-state index contributed by atoms with van der Waals surface area (Å²) in [6.07, 6.45) is 0.600. The van der Waals surface area contributed by atoms with Gasteiger partial charge in [0.25, 0.3) is 0 Å². The minimum absolute atomic E-state index is 0.156. The van der Waals surface area contributed by atoms with Gasteiger partial charge < -0.3 is 25.5 Å². The van der Waals surface area contributed by atoms with Crippen LogP contribution < -0.4 is 0 Å². The molecule has 0 amide bonds. The molecular formula is C12H28O5. The Hall–Kier alpha value is -0.200. The zero-order valence-corrected chi connectivity index (χ0v) is 11.3. The number of hydrogen-bond donors (Lipinski definition) is 5. The fourth-order valence-electron chi connectivity index (χ4n) is 0.985. The Balaban J connectivity index is 0. The molecule has 0 saturated heterocycles. The average molecular weight is 252 g/mol. The quantitative estimate of drug-likeness (QED) is 0.454. The SMILES string of the molecule is CCC(CO)(CO)CO.CCC(O)C(C)(C)O. The Bertz CT molecular complexity index is 155. The van der Waals surface area contributed by atoms with Crippen LogP contribution in [0.5, 0.6) is 0 Å². The van der Waals surface area contributed by atoms with Crippen molar-refractivity contribution in [1.29, 1.82) is 0 Å². The molecule has 5 N–H and O–H groups in total. The lowest BCUT2D eigenvalue weighted by Crippen LogP contribution is -2.34. The topological polar surface area (TPSA) is 101 Å². The normalized spacial score (nSPS) is 13.9. The van der Waals surface area contributed by atoms with Gasteiger partial charge >= 0.3 is 0 Å². The molecule has 0 aliphatic heterocycles. The van der Waals surface area contributed by atoms with Gasteiger partial charge in [-0.2, -0.15) is 0 Å². The van der Waals surface area contributed by atoms with Crippen LogP contribution in [0.3, 0.4) is 0 Å². The van der Waals surface area contributed by atoms with Crippen molar-refractivity contribution < 1.29 is 25.5 Å². The summed E-state index contributed by atoms with van der Waals surface area (Å²) in [5.74, 6) is 0. The summed E-state index contributed by atoms with van der Waals surface area (Å²) in [4.78, 5) is 0. The summed E-state index contributed by atoms with van der Waals surface area (Å²) in [6, 6.07) is 0. The third-order valence-electron chi connectivity index (χ3n) is 2.96. The van der Waals surface area contributed by atoms with Crippen LogP contribution in [0.4, 0.5) is 0 Å². The van der Waals surface area contributed by atoms with Crippen molar-refractivity contribution in [1.82, 2.24) is 0 Å². The lowest BCUT2D eigenvalue weighted by molar-refractivity contribution is -0.0488. The molecule has 0 aromatic rings. The molecule has 5 heteroatoms. The van der Waals surface area contributed by atoms with E-state index in [-0.39, 0.29) is 19.8 Å². The zero-order valence-electron chi connectivity index (χ0n) is 11.3. The van der Waals surface area contributed by atoms with Crippen molar-refractivity contribution in [2.24, 2.45) is 5.41 Å². The first kappa shape index (κ1) is 19.1. The zero-order chi connectivity index (χ0) is 14.1. The lowest BCUT2D eigenvalue weighted by Gasteiger charge is -2.24. The van der Waals surface area contributed by atoms with Gasteiger partial charge in [-0.3, -0.25) is 0 Å². The largest absolute Gasteiger partial charge is 0.396 e. The summed E-state index contributed by atoms with van der Waals surface area (Å²) < 4.78 is 0. The van der Waals surface area contributed by atoms with E-state index in [1.165, 1.54) is 0 Å². The third kappa shape index (κ3) is 7.68. The number of rotatable bonds is 6. The summed E-state index contributed by atoms with van der Waals surface area (Å²) in [6.45, 7) is 6.39. The first-order valence-corrected chi connectivity index (χ1v) is 5.96. The Morgan fingerprint density at radius 2 is 1.29 bits per heavy atom. The molecule has 0 spiro atoms.